The lowest BCUT2D eigenvalue weighted by molar-refractivity contribution is -0.122. The van der Waals surface area contributed by atoms with Crippen molar-refractivity contribution in [1.29, 1.82) is 0 Å². The van der Waals surface area contributed by atoms with Gasteiger partial charge in [0.25, 0.3) is 0 Å². The third-order valence-electron chi connectivity index (χ3n) is 4.48. The smallest absolute Gasteiger partial charge is 0.244 e. The van der Waals surface area contributed by atoms with Crippen LogP contribution in [-0.4, -0.2) is 24.9 Å². The van der Waals surface area contributed by atoms with Crippen molar-refractivity contribution >= 4 is 17.9 Å². The summed E-state index contributed by atoms with van der Waals surface area (Å²) in [5, 5.41) is 5.65. The van der Waals surface area contributed by atoms with Gasteiger partial charge in [0, 0.05) is 25.6 Å². The number of hydrogen-bond donors (Lipinski definition) is 2. The van der Waals surface area contributed by atoms with Gasteiger partial charge in [0.15, 0.2) is 0 Å². The maximum Gasteiger partial charge on any atom is 0.244 e. The van der Waals surface area contributed by atoms with E-state index in [0.29, 0.717) is 19.5 Å². The van der Waals surface area contributed by atoms with E-state index in [0.717, 1.165) is 17.9 Å². The van der Waals surface area contributed by atoms with Crippen LogP contribution in [0.15, 0.2) is 36.4 Å². The molecule has 0 aliphatic heterocycles. The van der Waals surface area contributed by atoms with Crippen LogP contribution >= 0.6 is 0 Å². The van der Waals surface area contributed by atoms with Gasteiger partial charge in [-0.2, -0.15) is 0 Å². The molecule has 1 saturated carbocycles. The van der Waals surface area contributed by atoms with Crippen molar-refractivity contribution in [2.75, 3.05) is 13.1 Å². The van der Waals surface area contributed by atoms with Crippen LogP contribution < -0.4 is 10.6 Å². The number of carbonyl (C=O) groups is 2. The molecular formula is C20H28N2O2. The minimum atomic E-state index is -0.143. The highest BCUT2D eigenvalue weighted by Gasteiger charge is 2.14. The molecule has 1 fully saturated rings. The van der Waals surface area contributed by atoms with Gasteiger partial charge in [-0.05, 0) is 24.0 Å². The summed E-state index contributed by atoms with van der Waals surface area (Å²) in [7, 11) is 0. The zero-order valence-corrected chi connectivity index (χ0v) is 14.3. The highest BCUT2D eigenvalue weighted by atomic mass is 16.2. The van der Waals surface area contributed by atoms with Crippen LogP contribution in [0.25, 0.3) is 6.08 Å². The Morgan fingerprint density at radius 2 is 1.71 bits per heavy atom. The molecule has 0 radical (unpaired) electrons. The topological polar surface area (TPSA) is 58.2 Å². The molecule has 0 spiro atoms. The van der Waals surface area contributed by atoms with Crippen molar-refractivity contribution in [2.24, 2.45) is 5.92 Å². The van der Waals surface area contributed by atoms with Crippen LogP contribution in [0.5, 0.6) is 0 Å². The highest BCUT2D eigenvalue weighted by molar-refractivity contribution is 5.91. The average molecular weight is 328 g/mol. The molecule has 1 aromatic rings. The number of amides is 2. The number of nitrogens with one attached hydrogen (secondary N) is 2. The van der Waals surface area contributed by atoms with Gasteiger partial charge in [0.2, 0.25) is 11.8 Å². The number of hydrogen-bond acceptors (Lipinski definition) is 2. The van der Waals surface area contributed by atoms with Gasteiger partial charge in [0.1, 0.15) is 0 Å². The Balaban J connectivity index is 1.52. The molecule has 0 bridgehead atoms. The third-order valence-corrected chi connectivity index (χ3v) is 4.48. The van der Waals surface area contributed by atoms with E-state index in [1.807, 2.05) is 30.3 Å². The lowest BCUT2D eigenvalue weighted by Gasteiger charge is -2.20. The van der Waals surface area contributed by atoms with Crippen molar-refractivity contribution in [3.8, 4) is 0 Å². The summed E-state index contributed by atoms with van der Waals surface area (Å²) < 4.78 is 0. The first kappa shape index (κ1) is 18.2. The minimum absolute atomic E-state index is 0.0923. The van der Waals surface area contributed by atoms with Crippen LogP contribution in [-0.2, 0) is 9.59 Å². The second-order valence-electron chi connectivity index (χ2n) is 6.43. The molecule has 1 aliphatic carbocycles. The molecule has 0 saturated heterocycles. The summed E-state index contributed by atoms with van der Waals surface area (Å²) in [6.07, 6.45) is 11.4. The van der Waals surface area contributed by atoms with Crippen molar-refractivity contribution in [3.05, 3.63) is 42.0 Å². The van der Waals surface area contributed by atoms with Gasteiger partial charge < -0.3 is 10.6 Å². The molecule has 4 nitrogen and oxygen atoms in total. The van der Waals surface area contributed by atoms with E-state index in [9.17, 15) is 9.59 Å². The Kier molecular flexibility index (Phi) is 8.08. The molecule has 0 unspecified atom stereocenters. The van der Waals surface area contributed by atoms with Crippen LogP contribution in [0.2, 0.25) is 0 Å². The van der Waals surface area contributed by atoms with E-state index in [1.165, 1.54) is 38.2 Å². The Morgan fingerprint density at radius 1 is 1.00 bits per heavy atom. The summed E-state index contributed by atoms with van der Waals surface area (Å²) in [4.78, 5) is 23.5. The van der Waals surface area contributed by atoms with Gasteiger partial charge in [0.05, 0.1) is 0 Å². The molecule has 2 N–H and O–H groups in total. The van der Waals surface area contributed by atoms with E-state index < -0.39 is 0 Å². The normalized spacial score (nSPS) is 15.3. The lowest BCUT2D eigenvalue weighted by atomic mass is 9.86. The van der Waals surface area contributed by atoms with Gasteiger partial charge >= 0.3 is 0 Å². The van der Waals surface area contributed by atoms with Crippen LogP contribution in [0.3, 0.4) is 0 Å². The summed E-state index contributed by atoms with van der Waals surface area (Å²) in [5.41, 5.74) is 0.990. The molecule has 0 aromatic heterocycles. The van der Waals surface area contributed by atoms with Crippen molar-refractivity contribution in [3.63, 3.8) is 0 Å². The number of benzene rings is 1. The van der Waals surface area contributed by atoms with Crippen molar-refractivity contribution < 1.29 is 9.59 Å². The molecule has 2 amide bonds. The fourth-order valence-corrected chi connectivity index (χ4v) is 3.08. The molecule has 130 valence electrons. The Labute approximate surface area is 144 Å². The third kappa shape index (κ3) is 7.44. The summed E-state index contributed by atoms with van der Waals surface area (Å²) in [5.74, 6) is 0.678. The molecular weight excluding hydrogens is 300 g/mol. The quantitative estimate of drug-likeness (QED) is 0.568. The van der Waals surface area contributed by atoms with E-state index in [2.05, 4.69) is 10.6 Å². The first-order chi connectivity index (χ1) is 11.7. The minimum Gasteiger partial charge on any atom is -0.354 e. The monoisotopic (exact) mass is 328 g/mol. The Morgan fingerprint density at radius 3 is 2.46 bits per heavy atom. The van der Waals surface area contributed by atoms with E-state index in [4.69, 9.17) is 0 Å². The average Bonchev–Trinajstić information content (AvgIpc) is 2.63. The SMILES string of the molecule is O=C(/C=C/c1ccccc1)NCCNC(=O)CCC1CCCCC1. The first-order valence-corrected chi connectivity index (χ1v) is 9.02. The number of rotatable bonds is 8. The summed E-state index contributed by atoms with van der Waals surface area (Å²) >= 11 is 0. The molecule has 24 heavy (non-hydrogen) atoms. The molecule has 2 rings (SSSR count). The van der Waals surface area contributed by atoms with Crippen molar-refractivity contribution in [2.45, 2.75) is 44.9 Å². The fraction of sp³-hybridized carbons (Fsp3) is 0.500. The van der Waals surface area contributed by atoms with Crippen LogP contribution in [0.1, 0.15) is 50.5 Å². The van der Waals surface area contributed by atoms with Gasteiger partial charge in [-0.25, -0.2) is 0 Å². The largest absolute Gasteiger partial charge is 0.354 e. The Hall–Kier alpha value is -2.10. The molecule has 1 aromatic carbocycles. The lowest BCUT2D eigenvalue weighted by Crippen LogP contribution is -2.34. The second-order valence-corrected chi connectivity index (χ2v) is 6.43. The molecule has 0 atom stereocenters. The first-order valence-electron chi connectivity index (χ1n) is 9.02. The van der Waals surface area contributed by atoms with Crippen molar-refractivity contribution in [1.82, 2.24) is 10.6 Å². The summed E-state index contributed by atoms with van der Waals surface area (Å²) in [6.45, 7) is 0.932. The van der Waals surface area contributed by atoms with E-state index >= 15 is 0 Å². The standard InChI is InChI=1S/C20H28N2O2/c23-19(13-11-17-7-3-1-4-8-17)21-15-16-22-20(24)14-12-18-9-5-2-6-10-18/h1,3-4,7-8,11,13,18H,2,5-6,9-10,12,14-16H2,(H,21,23)(H,22,24)/b13-11+. The zero-order chi connectivity index (χ0) is 17.0. The van der Waals surface area contributed by atoms with Gasteiger partial charge in [-0.15, -0.1) is 0 Å². The molecule has 0 heterocycles. The molecule has 1 aliphatic rings. The number of carbonyl (C=O) groups excluding carboxylic acids is 2. The van der Waals surface area contributed by atoms with Crippen LogP contribution in [0, 0.1) is 5.92 Å². The van der Waals surface area contributed by atoms with Gasteiger partial charge in [-0.3, -0.25) is 9.59 Å². The predicted octanol–water partition coefficient (Wildman–Crippen LogP) is 3.29. The fourth-order valence-electron chi connectivity index (χ4n) is 3.08. The zero-order valence-electron chi connectivity index (χ0n) is 14.3. The van der Waals surface area contributed by atoms with E-state index in [-0.39, 0.29) is 11.8 Å². The second kappa shape index (κ2) is 10.6. The molecule has 4 heteroatoms. The van der Waals surface area contributed by atoms with Gasteiger partial charge in [-0.1, -0.05) is 62.4 Å². The summed E-state index contributed by atoms with van der Waals surface area (Å²) in [6, 6.07) is 9.68. The maximum atomic E-state index is 11.8. The highest BCUT2D eigenvalue weighted by Crippen LogP contribution is 2.27. The Bertz CT molecular complexity index is 534. The maximum absolute atomic E-state index is 11.8. The van der Waals surface area contributed by atoms with E-state index in [1.54, 1.807) is 6.08 Å². The predicted molar refractivity (Wildman–Crippen MR) is 97.3 cm³/mol. The van der Waals surface area contributed by atoms with Crippen LogP contribution in [0.4, 0.5) is 0 Å².